The van der Waals surface area contributed by atoms with E-state index in [-0.39, 0.29) is 11.0 Å². The van der Waals surface area contributed by atoms with Crippen LogP contribution in [0.5, 0.6) is 0 Å². The molecule has 3 rings (SSSR count). The van der Waals surface area contributed by atoms with Gasteiger partial charge in [0.1, 0.15) is 35.8 Å². The molecule has 0 radical (unpaired) electrons. The molecule has 0 amide bonds. The molecule has 0 spiro atoms. The second-order valence-electron chi connectivity index (χ2n) is 10.5. The Morgan fingerprint density at radius 2 is 1.06 bits per heavy atom. The Bertz CT molecular complexity index is 910. The van der Waals surface area contributed by atoms with Crippen LogP contribution in [0.1, 0.15) is 34.1 Å². The van der Waals surface area contributed by atoms with E-state index < -0.39 is 19.8 Å². The summed E-state index contributed by atoms with van der Waals surface area (Å²) in [7, 11) is -1.93. The van der Waals surface area contributed by atoms with Crippen molar-refractivity contribution in [2.24, 2.45) is 22.6 Å². The molecule has 3 aromatic rings. The van der Waals surface area contributed by atoms with Crippen LogP contribution in [0.3, 0.4) is 0 Å². The number of rotatable bonds is 11. The second-order valence-corrected chi connectivity index (χ2v) is 14.0. The minimum absolute atomic E-state index is 0.00362. The van der Waals surface area contributed by atoms with E-state index in [0.717, 1.165) is 12.6 Å². The fourth-order valence-electron chi connectivity index (χ4n) is 5.38. The van der Waals surface area contributed by atoms with Crippen LogP contribution in [-0.4, -0.2) is 24.3 Å². The van der Waals surface area contributed by atoms with Gasteiger partial charge in [-0.05, 0) is 56.7 Å². The first-order valence-corrected chi connectivity index (χ1v) is 13.9. The Hall–Kier alpha value is -2.11. The van der Waals surface area contributed by atoms with Crippen molar-refractivity contribution in [1.82, 2.24) is 10.6 Å². The van der Waals surface area contributed by atoms with Crippen LogP contribution in [-0.2, 0) is 0 Å². The third-order valence-corrected chi connectivity index (χ3v) is 11.0. The van der Waals surface area contributed by atoms with Crippen LogP contribution < -0.4 is 43.7 Å². The molecular weight excluding hydrogens is 437 g/mol. The predicted octanol–water partition coefficient (Wildman–Crippen LogP) is 2.80. The molecule has 0 aliphatic carbocycles. The molecular formula is C28H41N5P+. The van der Waals surface area contributed by atoms with Gasteiger partial charge in [-0.15, -0.1) is 0 Å². The standard InChI is InChI=1S/C28H41N5P/c1-27(2,20-28(3,4)33-26(31)32-25(29)30)21-34(22-14-8-5-9-15-22,23-16-10-6-11-17-23)24-18-12-7-13-19-24/h5-19,25-26,32-33H,20-21,29-31H2,1-4H3/q+1. The summed E-state index contributed by atoms with van der Waals surface area (Å²) in [5, 5.41) is 10.6. The highest BCUT2D eigenvalue weighted by molar-refractivity contribution is 7.95. The third-order valence-electron chi connectivity index (χ3n) is 6.09. The molecule has 3 aromatic carbocycles. The van der Waals surface area contributed by atoms with Gasteiger partial charge in [-0.1, -0.05) is 68.4 Å². The molecule has 1 atom stereocenters. The van der Waals surface area contributed by atoms with Crippen molar-refractivity contribution < 1.29 is 0 Å². The molecule has 0 saturated carbocycles. The molecule has 0 bridgehead atoms. The zero-order valence-electron chi connectivity index (χ0n) is 20.9. The molecule has 0 saturated heterocycles. The van der Waals surface area contributed by atoms with Crippen LogP contribution >= 0.6 is 7.26 Å². The zero-order valence-corrected chi connectivity index (χ0v) is 21.8. The van der Waals surface area contributed by atoms with E-state index in [0.29, 0.717) is 0 Å². The topological polar surface area (TPSA) is 102 Å². The van der Waals surface area contributed by atoms with Gasteiger partial charge in [0.25, 0.3) is 0 Å². The van der Waals surface area contributed by atoms with E-state index in [4.69, 9.17) is 17.2 Å². The summed E-state index contributed by atoms with van der Waals surface area (Å²) in [6.07, 6.45) is 0.799. The average Bonchev–Trinajstić information content (AvgIpc) is 2.77. The summed E-state index contributed by atoms with van der Waals surface area (Å²) in [6.45, 7) is 9.11. The maximum atomic E-state index is 6.20. The highest BCUT2D eigenvalue weighted by Crippen LogP contribution is 2.59. The van der Waals surface area contributed by atoms with Gasteiger partial charge in [-0.2, -0.15) is 0 Å². The van der Waals surface area contributed by atoms with Crippen LogP contribution in [0.4, 0.5) is 0 Å². The molecule has 0 heterocycles. The Morgan fingerprint density at radius 1 is 0.676 bits per heavy atom. The fourth-order valence-corrected chi connectivity index (χ4v) is 10.3. The second kappa shape index (κ2) is 11.1. The first-order chi connectivity index (χ1) is 16.0. The molecule has 182 valence electrons. The van der Waals surface area contributed by atoms with Gasteiger partial charge < -0.3 is 17.2 Å². The summed E-state index contributed by atoms with van der Waals surface area (Å²) in [5.41, 5.74) is 17.3. The number of nitrogens with two attached hydrogens (primary N) is 3. The number of hydrogen-bond acceptors (Lipinski definition) is 5. The van der Waals surface area contributed by atoms with Crippen molar-refractivity contribution in [3.05, 3.63) is 91.0 Å². The van der Waals surface area contributed by atoms with Gasteiger partial charge in [-0.3, -0.25) is 10.6 Å². The Labute approximate surface area is 205 Å². The van der Waals surface area contributed by atoms with Crippen molar-refractivity contribution >= 4 is 23.2 Å². The van der Waals surface area contributed by atoms with Crippen LogP contribution in [0.25, 0.3) is 0 Å². The van der Waals surface area contributed by atoms with Gasteiger partial charge in [0.15, 0.2) is 0 Å². The van der Waals surface area contributed by atoms with E-state index >= 15 is 0 Å². The summed E-state index contributed by atoms with van der Waals surface area (Å²) in [6, 6.07) is 33.1. The highest BCUT2D eigenvalue weighted by Gasteiger charge is 2.50. The molecule has 8 N–H and O–H groups in total. The van der Waals surface area contributed by atoms with E-state index in [9.17, 15) is 0 Å². The summed E-state index contributed by atoms with van der Waals surface area (Å²) in [5.74, 6) is 0. The zero-order chi connectivity index (χ0) is 24.8. The van der Waals surface area contributed by atoms with Crippen molar-refractivity contribution in [3.63, 3.8) is 0 Å². The van der Waals surface area contributed by atoms with Crippen molar-refractivity contribution in [2.45, 2.75) is 52.2 Å². The summed E-state index contributed by atoms with van der Waals surface area (Å²) >= 11 is 0. The molecule has 0 fully saturated rings. The smallest absolute Gasteiger partial charge is 0.112 e. The maximum absolute atomic E-state index is 6.20. The van der Waals surface area contributed by atoms with E-state index in [1.165, 1.54) is 15.9 Å². The number of hydrogen-bond donors (Lipinski definition) is 5. The van der Waals surface area contributed by atoms with E-state index in [1.54, 1.807) is 0 Å². The summed E-state index contributed by atoms with van der Waals surface area (Å²) in [4.78, 5) is 0. The van der Waals surface area contributed by atoms with Gasteiger partial charge in [0, 0.05) is 11.0 Å². The van der Waals surface area contributed by atoms with Crippen LogP contribution in [0, 0.1) is 5.41 Å². The third kappa shape index (κ3) is 6.73. The Balaban J connectivity index is 2.05. The molecule has 0 aliphatic heterocycles. The molecule has 34 heavy (non-hydrogen) atoms. The predicted molar refractivity (Wildman–Crippen MR) is 149 cm³/mol. The Kier molecular flexibility index (Phi) is 8.64. The first-order valence-electron chi connectivity index (χ1n) is 11.9. The lowest BCUT2D eigenvalue weighted by Gasteiger charge is -2.40. The average molecular weight is 479 g/mol. The molecule has 0 aromatic heterocycles. The number of benzene rings is 3. The lowest BCUT2D eigenvalue weighted by atomic mass is 9.81. The van der Waals surface area contributed by atoms with Gasteiger partial charge in [-0.25, -0.2) is 0 Å². The maximum Gasteiger partial charge on any atom is 0.112 e. The van der Waals surface area contributed by atoms with Crippen molar-refractivity contribution in [3.8, 4) is 0 Å². The molecule has 1 unspecified atom stereocenters. The van der Waals surface area contributed by atoms with Gasteiger partial charge in [0.2, 0.25) is 0 Å². The number of nitrogens with one attached hydrogen (secondary N) is 2. The Morgan fingerprint density at radius 3 is 1.41 bits per heavy atom. The van der Waals surface area contributed by atoms with E-state index in [1.807, 2.05) is 0 Å². The lowest BCUT2D eigenvalue weighted by Crippen LogP contribution is -2.64. The molecule has 5 nitrogen and oxygen atoms in total. The van der Waals surface area contributed by atoms with Crippen LogP contribution in [0.15, 0.2) is 91.0 Å². The minimum Gasteiger partial charge on any atom is -0.304 e. The SMILES string of the molecule is CC(C)(CC(C)(C)NC(N)NC(N)N)C[P+](c1ccccc1)(c1ccccc1)c1ccccc1. The lowest BCUT2D eigenvalue weighted by molar-refractivity contribution is 0.208. The van der Waals surface area contributed by atoms with Gasteiger partial charge in [0.05, 0.1) is 6.16 Å². The highest BCUT2D eigenvalue weighted by atomic mass is 31.2. The van der Waals surface area contributed by atoms with E-state index in [2.05, 4.69) is 129 Å². The summed E-state index contributed by atoms with van der Waals surface area (Å²) < 4.78 is 0. The quantitative estimate of drug-likeness (QED) is 0.215. The van der Waals surface area contributed by atoms with Crippen molar-refractivity contribution in [2.75, 3.05) is 6.16 Å². The minimum atomic E-state index is -1.93. The van der Waals surface area contributed by atoms with Gasteiger partial charge >= 0.3 is 0 Å². The van der Waals surface area contributed by atoms with Crippen molar-refractivity contribution in [1.29, 1.82) is 0 Å². The fraction of sp³-hybridized carbons (Fsp3) is 0.357. The molecule has 6 heteroatoms. The van der Waals surface area contributed by atoms with Crippen LogP contribution in [0.2, 0.25) is 0 Å². The molecule has 0 aliphatic rings. The monoisotopic (exact) mass is 478 g/mol. The normalized spacial score (nSPS) is 13.8. The largest absolute Gasteiger partial charge is 0.304 e. The first kappa shape index (κ1) is 26.5.